The average molecular weight is 439 g/mol. The number of fused-ring (bicyclic) bond motifs is 1. The first-order chi connectivity index (χ1) is 15.6. The van der Waals surface area contributed by atoms with Crippen molar-refractivity contribution in [3.63, 3.8) is 0 Å². The highest BCUT2D eigenvalue weighted by Gasteiger charge is 2.37. The Balaban J connectivity index is 1.53. The molecule has 1 spiro atoms. The SMILES string of the molecule is O=C1NCC2(CCCCCCOc3ccccc31)CCCN(C(=O)c1cccc(F)c1)C2. The van der Waals surface area contributed by atoms with Crippen LogP contribution in [0, 0.1) is 11.2 Å². The molecule has 0 aliphatic carbocycles. The molecule has 2 heterocycles. The van der Waals surface area contributed by atoms with Crippen LogP contribution in [-0.4, -0.2) is 43.0 Å². The minimum Gasteiger partial charge on any atom is -0.493 e. The van der Waals surface area contributed by atoms with Crippen LogP contribution < -0.4 is 10.1 Å². The molecule has 0 saturated carbocycles. The number of nitrogens with zero attached hydrogens (tertiary/aromatic N) is 1. The van der Waals surface area contributed by atoms with Gasteiger partial charge in [0.2, 0.25) is 0 Å². The molecule has 1 atom stereocenters. The smallest absolute Gasteiger partial charge is 0.255 e. The molecule has 2 aromatic rings. The maximum absolute atomic E-state index is 13.7. The average Bonchev–Trinajstić information content (AvgIpc) is 2.82. The quantitative estimate of drug-likeness (QED) is 0.694. The number of amides is 2. The molecule has 1 fully saturated rings. The Hall–Kier alpha value is -2.89. The topological polar surface area (TPSA) is 58.6 Å². The van der Waals surface area contributed by atoms with Gasteiger partial charge in [0.05, 0.1) is 12.2 Å². The van der Waals surface area contributed by atoms with Crippen LogP contribution in [0.4, 0.5) is 4.39 Å². The van der Waals surface area contributed by atoms with Crippen molar-refractivity contribution in [3.05, 3.63) is 65.5 Å². The van der Waals surface area contributed by atoms with Gasteiger partial charge in [0, 0.05) is 30.6 Å². The van der Waals surface area contributed by atoms with Gasteiger partial charge >= 0.3 is 0 Å². The molecule has 0 aromatic heterocycles. The Morgan fingerprint density at radius 1 is 1.00 bits per heavy atom. The lowest BCUT2D eigenvalue weighted by Crippen LogP contribution is -2.51. The van der Waals surface area contributed by atoms with Gasteiger partial charge < -0.3 is 15.0 Å². The third-order valence-corrected chi connectivity index (χ3v) is 6.63. The molecule has 6 heteroatoms. The molecule has 0 radical (unpaired) electrons. The first-order valence-electron chi connectivity index (χ1n) is 11.6. The number of hydrogen-bond donors (Lipinski definition) is 1. The van der Waals surface area contributed by atoms with Crippen molar-refractivity contribution in [2.75, 3.05) is 26.2 Å². The van der Waals surface area contributed by atoms with E-state index in [-0.39, 0.29) is 17.2 Å². The maximum atomic E-state index is 13.7. The minimum absolute atomic E-state index is 0.142. The minimum atomic E-state index is -0.405. The largest absolute Gasteiger partial charge is 0.493 e. The lowest BCUT2D eigenvalue weighted by Gasteiger charge is -2.43. The maximum Gasteiger partial charge on any atom is 0.255 e. The van der Waals surface area contributed by atoms with Crippen molar-refractivity contribution < 1.29 is 18.7 Å². The van der Waals surface area contributed by atoms with Gasteiger partial charge in [-0.2, -0.15) is 0 Å². The summed E-state index contributed by atoms with van der Waals surface area (Å²) in [6.45, 7) is 2.33. The number of hydrogen-bond acceptors (Lipinski definition) is 3. The molecule has 1 unspecified atom stereocenters. The number of piperidine rings is 1. The monoisotopic (exact) mass is 438 g/mol. The number of nitrogens with one attached hydrogen (secondary N) is 1. The van der Waals surface area contributed by atoms with Crippen molar-refractivity contribution >= 4 is 11.8 Å². The molecule has 2 aliphatic rings. The third-order valence-electron chi connectivity index (χ3n) is 6.63. The zero-order chi connectivity index (χ0) is 22.4. The molecule has 1 N–H and O–H groups in total. The number of halogens is 1. The molecule has 1 saturated heterocycles. The number of likely N-dealkylation sites (tertiary alicyclic amines) is 1. The summed E-state index contributed by atoms with van der Waals surface area (Å²) in [6, 6.07) is 13.2. The number of carbonyl (C=O) groups excluding carboxylic acids is 2. The summed E-state index contributed by atoms with van der Waals surface area (Å²) >= 11 is 0. The van der Waals surface area contributed by atoms with E-state index in [9.17, 15) is 14.0 Å². The van der Waals surface area contributed by atoms with E-state index in [1.807, 2.05) is 23.1 Å². The van der Waals surface area contributed by atoms with Crippen LogP contribution in [-0.2, 0) is 0 Å². The standard InChI is InChI=1S/C26H31FN2O3/c27-21-10-7-9-20(17-21)25(31)29-15-8-14-26(19-29)13-5-1-2-6-16-32-23-12-4-3-11-22(23)24(30)28-18-26/h3-4,7,9-12,17H,1-2,5-6,8,13-16,18-19H2,(H,28,30). The van der Waals surface area contributed by atoms with Crippen LogP contribution in [0.2, 0.25) is 0 Å². The fraction of sp³-hybridized carbons (Fsp3) is 0.462. The zero-order valence-corrected chi connectivity index (χ0v) is 18.4. The van der Waals surface area contributed by atoms with Crippen LogP contribution in [0.3, 0.4) is 0 Å². The number of rotatable bonds is 1. The van der Waals surface area contributed by atoms with Gasteiger partial charge in [0.15, 0.2) is 0 Å². The van der Waals surface area contributed by atoms with E-state index in [0.717, 1.165) is 44.9 Å². The summed E-state index contributed by atoms with van der Waals surface area (Å²) in [5, 5.41) is 3.13. The van der Waals surface area contributed by atoms with Gasteiger partial charge in [-0.15, -0.1) is 0 Å². The van der Waals surface area contributed by atoms with Gasteiger partial charge in [-0.3, -0.25) is 9.59 Å². The lowest BCUT2D eigenvalue weighted by molar-refractivity contribution is 0.0470. The molecule has 2 aromatic carbocycles. The molecule has 32 heavy (non-hydrogen) atoms. The Labute approximate surface area is 188 Å². The fourth-order valence-electron chi connectivity index (χ4n) is 4.90. The predicted molar refractivity (Wildman–Crippen MR) is 121 cm³/mol. The van der Waals surface area contributed by atoms with E-state index in [1.165, 1.54) is 12.1 Å². The summed E-state index contributed by atoms with van der Waals surface area (Å²) in [5.74, 6) is -0.0768. The highest BCUT2D eigenvalue weighted by Crippen LogP contribution is 2.36. The summed E-state index contributed by atoms with van der Waals surface area (Å²) in [4.78, 5) is 27.9. The molecule has 170 valence electrons. The molecular formula is C26H31FN2O3. The first-order valence-corrected chi connectivity index (χ1v) is 11.6. The van der Waals surface area contributed by atoms with Crippen molar-refractivity contribution in [1.82, 2.24) is 10.2 Å². The van der Waals surface area contributed by atoms with Crippen LogP contribution in [0.25, 0.3) is 0 Å². The lowest BCUT2D eigenvalue weighted by atomic mass is 9.75. The van der Waals surface area contributed by atoms with Crippen LogP contribution in [0.1, 0.15) is 65.7 Å². The highest BCUT2D eigenvalue weighted by molar-refractivity contribution is 5.97. The first kappa shape index (κ1) is 22.3. The van der Waals surface area contributed by atoms with Gasteiger partial charge in [0.25, 0.3) is 11.8 Å². The molecule has 2 amide bonds. The van der Waals surface area contributed by atoms with E-state index >= 15 is 0 Å². The Morgan fingerprint density at radius 3 is 2.69 bits per heavy atom. The van der Waals surface area contributed by atoms with E-state index < -0.39 is 5.82 Å². The van der Waals surface area contributed by atoms with Crippen molar-refractivity contribution in [2.45, 2.75) is 44.9 Å². The van der Waals surface area contributed by atoms with Crippen molar-refractivity contribution in [2.24, 2.45) is 5.41 Å². The predicted octanol–water partition coefficient (Wildman–Crippen LogP) is 4.82. The second kappa shape index (κ2) is 10.2. The number of para-hydroxylation sites is 1. The van der Waals surface area contributed by atoms with Gasteiger partial charge in [0.1, 0.15) is 11.6 Å². The number of carbonyl (C=O) groups is 2. The Bertz CT molecular complexity index is 964. The third kappa shape index (κ3) is 5.29. The van der Waals surface area contributed by atoms with Crippen LogP contribution in [0.5, 0.6) is 5.75 Å². The summed E-state index contributed by atoms with van der Waals surface area (Å²) < 4.78 is 19.5. The molecule has 0 bridgehead atoms. The molecule has 5 nitrogen and oxygen atoms in total. The second-order valence-corrected chi connectivity index (χ2v) is 9.03. The van der Waals surface area contributed by atoms with E-state index in [0.29, 0.717) is 43.1 Å². The highest BCUT2D eigenvalue weighted by atomic mass is 19.1. The summed E-state index contributed by atoms with van der Waals surface area (Å²) in [5.41, 5.74) is 0.744. The Morgan fingerprint density at radius 2 is 1.81 bits per heavy atom. The zero-order valence-electron chi connectivity index (χ0n) is 18.4. The van der Waals surface area contributed by atoms with Gasteiger partial charge in [-0.1, -0.05) is 37.5 Å². The van der Waals surface area contributed by atoms with Crippen molar-refractivity contribution in [1.29, 1.82) is 0 Å². The summed E-state index contributed by atoms with van der Waals surface area (Å²) in [7, 11) is 0. The molecule has 2 aliphatic heterocycles. The van der Waals surface area contributed by atoms with Crippen LogP contribution in [0.15, 0.2) is 48.5 Å². The molecule has 4 rings (SSSR count). The molecular weight excluding hydrogens is 407 g/mol. The van der Waals surface area contributed by atoms with Crippen molar-refractivity contribution in [3.8, 4) is 5.75 Å². The number of ether oxygens (including phenoxy) is 1. The van der Waals surface area contributed by atoms with Crippen LogP contribution >= 0.6 is 0 Å². The van der Waals surface area contributed by atoms with Gasteiger partial charge in [-0.05, 0) is 56.0 Å². The summed E-state index contributed by atoms with van der Waals surface area (Å²) in [6.07, 6.45) is 6.94. The van der Waals surface area contributed by atoms with E-state index in [4.69, 9.17) is 4.74 Å². The number of benzene rings is 2. The van der Waals surface area contributed by atoms with Gasteiger partial charge in [-0.25, -0.2) is 4.39 Å². The normalized spacial score (nSPS) is 22.5. The van der Waals surface area contributed by atoms with E-state index in [2.05, 4.69) is 5.32 Å². The fourth-order valence-corrected chi connectivity index (χ4v) is 4.90. The van der Waals surface area contributed by atoms with E-state index in [1.54, 1.807) is 18.2 Å². The second-order valence-electron chi connectivity index (χ2n) is 9.03. The Kier molecular flexibility index (Phi) is 7.08.